The van der Waals surface area contributed by atoms with Gasteiger partial charge in [-0.3, -0.25) is 9.48 Å². The van der Waals surface area contributed by atoms with Gasteiger partial charge < -0.3 is 14.8 Å². The highest BCUT2D eigenvalue weighted by molar-refractivity contribution is 9.10. The quantitative estimate of drug-likeness (QED) is 0.332. The molecule has 6 nitrogen and oxygen atoms in total. The first-order valence-electron chi connectivity index (χ1n) is 10.2. The molecule has 0 aliphatic heterocycles. The van der Waals surface area contributed by atoms with Gasteiger partial charge in [0.2, 0.25) is 0 Å². The first kappa shape index (κ1) is 22.5. The molecule has 4 rings (SSSR count). The Balaban J connectivity index is 1.41. The van der Waals surface area contributed by atoms with Crippen molar-refractivity contribution in [3.05, 3.63) is 106 Å². The smallest absolute Gasteiger partial charge is 0.256 e. The van der Waals surface area contributed by atoms with Crippen molar-refractivity contribution in [2.24, 2.45) is 0 Å². The largest absolute Gasteiger partial charge is 0.493 e. The molecule has 4 aromatic rings. The molecule has 33 heavy (non-hydrogen) atoms. The number of aromatic nitrogens is 2. The lowest BCUT2D eigenvalue weighted by molar-refractivity contribution is 0.102. The van der Waals surface area contributed by atoms with Gasteiger partial charge in [0.25, 0.3) is 5.91 Å². The van der Waals surface area contributed by atoms with Crippen LogP contribution in [0.5, 0.6) is 11.5 Å². The number of hydrogen-bond acceptors (Lipinski definition) is 4. The summed E-state index contributed by atoms with van der Waals surface area (Å²) in [5.74, 6) is 1.10. The van der Waals surface area contributed by atoms with Crippen molar-refractivity contribution in [3.63, 3.8) is 0 Å². The van der Waals surface area contributed by atoms with Crippen LogP contribution in [0.2, 0.25) is 0 Å². The van der Waals surface area contributed by atoms with Gasteiger partial charge in [0.05, 0.1) is 18.1 Å². The maximum absolute atomic E-state index is 13.1. The van der Waals surface area contributed by atoms with Crippen LogP contribution >= 0.6 is 15.9 Å². The van der Waals surface area contributed by atoms with E-state index in [9.17, 15) is 9.18 Å². The standard InChI is InChI=1S/C25H21BrFN3O3/c1-32-22-7-2-3-8-23(22)33-16-18-5-4-6-19(13-18)25(31)28-24-21(26)15-30(29-24)14-17-9-11-20(27)12-10-17/h2-13,15H,14,16H2,1H3,(H,28,29,31). The fourth-order valence-corrected chi connectivity index (χ4v) is 3.64. The van der Waals surface area contributed by atoms with Crippen molar-refractivity contribution in [1.82, 2.24) is 9.78 Å². The molecule has 1 N–H and O–H groups in total. The van der Waals surface area contributed by atoms with Crippen molar-refractivity contribution in [2.75, 3.05) is 12.4 Å². The van der Waals surface area contributed by atoms with E-state index in [0.717, 1.165) is 11.1 Å². The van der Waals surface area contributed by atoms with E-state index in [4.69, 9.17) is 9.47 Å². The molecule has 8 heteroatoms. The number of benzene rings is 3. The number of nitrogens with one attached hydrogen (secondary N) is 1. The maximum atomic E-state index is 13.1. The predicted molar refractivity (Wildman–Crippen MR) is 127 cm³/mol. The minimum atomic E-state index is -0.290. The number of methoxy groups -OCH3 is 1. The number of halogens is 2. The summed E-state index contributed by atoms with van der Waals surface area (Å²) in [6, 6.07) is 20.8. The van der Waals surface area contributed by atoms with Crippen molar-refractivity contribution in [2.45, 2.75) is 13.2 Å². The van der Waals surface area contributed by atoms with Crippen molar-refractivity contribution in [1.29, 1.82) is 0 Å². The monoisotopic (exact) mass is 509 g/mol. The highest BCUT2D eigenvalue weighted by Crippen LogP contribution is 2.27. The SMILES string of the molecule is COc1ccccc1OCc1cccc(C(=O)Nc2nn(Cc3ccc(F)cc3)cc2Br)c1. The number of ether oxygens (including phenoxy) is 2. The van der Waals surface area contributed by atoms with Gasteiger partial charge in [-0.15, -0.1) is 0 Å². The first-order valence-corrected chi connectivity index (χ1v) is 10.9. The first-order chi connectivity index (χ1) is 16.0. The van der Waals surface area contributed by atoms with E-state index in [-0.39, 0.29) is 18.3 Å². The van der Waals surface area contributed by atoms with Gasteiger partial charge in [-0.1, -0.05) is 36.4 Å². The van der Waals surface area contributed by atoms with Gasteiger partial charge in [-0.2, -0.15) is 5.10 Å². The van der Waals surface area contributed by atoms with Crippen LogP contribution in [0.25, 0.3) is 0 Å². The number of para-hydroxylation sites is 2. The zero-order valence-electron chi connectivity index (χ0n) is 17.8. The van der Waals surface area contributed by atoms with Gasteiger partial charge in [-0.25, -0.2) is 4.39 Å². The minimum absolute atomic E-state index is 0.288. The molecule has 0 atom stereocenters. The van der Waals surface area contributed by atoms with E-state index < -0.39 is 0 Å². The molecule has 0 radical (unpaired) electrons. The summed E-state index contributed by atoms with van der Waals surface area (Å²) in [5, 5.41) is 7.24. The summed E-state index contributed by atoms with van der Waals surface area (Å²) >= 11 is 3.43. The van der Waals surface area contributed by atoms with Crippen LogP contribution in [0.1, 0.15) is 21.5 Å². The lowest BCUT2D eigenvalue weighted by Crippen LogP contribution is -2.13. The number of nitrogens with zero attached hydrogens (tertiary/aromatic N) is 2. The van der Waals surface area contributed by atoms with Gasteiger partial charge in [0.1, 0.15) is 12.4 Å². The Morgan fingerprint density at radius 1 is 1.03 bits per heavy atom. The van der Waals surface area contributed by atoms with Gasteiger partial charge >= 0.3 is 0 Å². The Labute approximate surface area is 199 Å². The summed E-state index contributed by atoms with van der Waals surface area (Å²) in [7, 11) is 1.59. The fraction of sp³-hybridized carbons (Fsp3) is 0.120. The van der Waals surface area contributed by atoms with Crippen molar-refractivity contribution < 1.29 is 18.7 Å². The second-order valence-electron chi connectivity index (χ2n) is 7.24. The summed E-state index contributed by atoms with van der Waals surface area (Å²) < 4.78 is 26.6. The zero-order valence-corrected chi connectivity index (χ0v) is 19.4. The average molecular weight is 510 g/mol. The molecule has 0 unspecified atom stereocenters. The Morgan fingerprint density at radius 2 is 1.79 bits per heavy atom. The third-order valence-electron chi connectivity index (χ3n) is 4.86. The molecule has 168 valence electrons. The molecule has 3 aromatic carbocycles. The molecule has 1 aromatic heterocycles. The molecule has 0 saturated heterocycles. The average Bonchev–Trinajstić information content (AvgIpc) is 3.17. The fourth-order valence-electron chi connectivity index (χ4n) is 3.22. The Bertz CT molecular complexity index is 1260. The predicted octanol–water partition coefficient (Wildman–Crippen LogP) is 5.67. The number of amides is 1. The van der Waals surface area contributed by atoms with Crippen molar-refractivity contribution in [3.8, 4) is 11.5 Å². The number of hydrogen-bond donors (Lipinski definition) is 1. The van der Waals surface area contributed by atoms with Gasteiger partial charge in [0, 0.05) is 11.8 Å². The van der Waals surface area contributed by atoms with Gasteiger partial charge in [-0.05, 0) is 63.5 Å². The summed E-state index contributed by atoms with van der Waals surface area (Å²) in [4.78, 5) is 12.8. The second kappa shape index (κ2) is 10.3. The Morgan fingerprint density at radius 3 is 2.55 bits per heavy atom. The molecular formula is C25H21BrFN3O3. The van der Waals surface area contributed by atoms with E-state index in [2.05, 4.69) is 26.3 Å². The van der Waals surface area contributed by atoms with E-state index >= 15 is 0 Å². The van der Waals surface area contributed by atoms with E-state index in [1.807, 2.05) is 30.3 Å². The normalized spacial score (nSPS) is 10.6. The number of anilines is 1. The highest BCUT2D eigenvalue weighted by atomic mass is 79.9. The molecule has 0 fully saturated rings. The summed E-state index contributed by atoms with van der Waals surface area (Å²) in [6.07, 6.45) is 1.76. The second-order valence-corrected chi connectivity index (χ2v) is 8.10. The van der Waals surface area contributed by atoms with Crippen LogP contribution in [-0.4, -0.2) is 22.8 Å². The third-order valence-corrected chi connectivity index (χ3v) is 5.44. The van der Waals surface area contributed by atoms with Crippen LogP contribution < -0.4 is 14.8 Å². The Kier molecular flexibility index (Phi) is 7.04. The summed E-state index contributed by atoms with van der Waals surface area (Å²) in [6.45, 7) is 0.738. The maximum Gasteiger partial charge on any atom is 0.256 e. The topological polar surface area (TPSA) is 65.4 Å². The van der Waals surface area contributed by atoms with E-state index in [1.165, 1.54) is 12.1 Å². The molecule has 0 aliphatic rings. The number of carbonyl (C=O) groups excluding carboxylic acids is 1. The molecule has 0 aliphatic carbocycles. The van der Waals surface area contributed by atoms with Crippen LogP contribution in [-0.2, 0) is 13.2 Å². The van der Waals surface area contributed by atoms with Crippen molar-refractivity contribution >= 4 is 27.7 Å². The van der Waals surface area contributed by atoms with Crippen LogP contribution in [0.15, 0.2) is 83.5 Å². The lowest BCUT2D eigenvalue weighted by Gasteiger charge is -2.11. The molecule has 1 amide bonds. The molecule has 0 bridgehead atoms. The highest BCUT2D eigenvalue weighted by Gasteiger charge is 2.13. The number of rotatable bonds is 8. The van der Waals surface area contributed by atoms with Crippen LogP contribution in [0.3, 0.4) is 0 Å². The Hall–Kier alpha value is -3.65. The van der Waals surface area contributed by atoms with E-state index in [0.29, 0.717) is 33.9 Å². The molecule has 0 spiro atoms. The molecule has 1 heterocycles. The number of carbonyl (C=O) groups is 1. The van der Waals surface area contributed by atoms with Gasteiger partial charge in [0.15, 0.2) is 17.3 Å². The minimum Gasteiger partial charge on any atom is -0.493 e. The summed E-state index contributed by atoms with van der Waals surface area (Å²) in [5.41, 5.74) is 2.22. The lowest BCUT2D eigenvalue weighted by atomic mass is 10.1. The molecule has 0 saturated carbocycles. The third kappa shape index (κ3) is 5.78. The van der Waals surface area contributed by atoms with Crippen LogP contribution in [0.4, 0.5) is 10.2 Å². The zero-order chi connectivity index (χ0) is 23.2. The van der Waals surface area contributed by atoms with Crippen LogP contribution in [0, 0.1) is 5.82 Å². The van der Waals surface area contributed by atoms with E-state index in [1.54, 1.807) is 48.3 Å². The molecular weight excluding hydrogens is 489 g/mol.